The average Bonchev–Trinajstić information content (AvgIpc) is 2.06. The molecule has 0 aromatic carbocycles. The van der Waals surface area contributed by atoms with E-state index in [-0.39, 0.29) is 5.60 Å². The molecule has 0 aliphatic rings. The van der Waals surface area contributed by atoms with Crippen molar-refractivity contribution in [3.63, 3.8) is 0 Å². The predicted octanol–water partition coefficient (Wildman–Crippen LogP) is 4.03. The third kappa shape index (κ3) is 13.9. The fraction of sp³-hybridized carbons (Fsp3) is 1.00. The highest BCUT2D eigenvalue weighted by Gasteiger charge is 2.10. The molecule has 0 atom stereocenters. The maximum absolute atomic E-state index is 5.57. The Hall–Kier alpha value is -0.0800. The Kier molecular flexibility index (Phi) is 7.25. The molecule has 2 nitrogen and oxygen atoms in total. The van der Waals surface area contributed by atoms with E-state index in [1.807, 2.05) is 0 Å². The van der Waals surface area contributed by atoms with Gasteiger partial charge < -0.3 is 9.47 Å². The summed E-state index contributed by atoms with van der Waals surface area (Å²) in [6.07, 6.45) is 3.69. The molecule has 16 heavy (non-hydrogen) atoms. The lowest BCUT2D eigenvalue weighted by atomic mass is 9.90. The van der Waals surface area contributed by atoms with E-state index >= 15 is 0 Å². The maximum Gasteiger partial charge on any atom is 0.0707 e. The van der Waals surface area contributed by atoms with Gasteiger partial charge in [0.1, 0.15) is 0 Å². The SMILES string of the molecule is CC(C)(C)CCCCOCCOC(C)(C)C. The summed E-state index contributed by atoms with van der Waals surface area (Å²) in [5, 5.41) is 0. The lowest BCUT2D eigenvalue weighted by Gasteiger charge is -2.19. The zero-order valence-electron chi connectivity index (χ0n) is 12.1. The molecule has 98 valence electrons. The molecule has 0 heterocycles. The van der Waals surface area contributed by atoms with Crippen molar-refractivity contribution in [2.75, 3.05) is 19.8 Å². The standard InChI is InChI=1S/C14H30O2/c1-13(2,3)9-7-8-10-15-11-12-16-14(4,5)6/h7-12H2,1-6H3. The van der Waals surface area contributed by atoms with Crippen molar-refractivity contribution in [2.24, 2.45) is 5.41 Å². The van der Waals surface area contributed by atoms with Gasteiger partial charge in [-0.15, -0.1) is 0 Å². The molecule has 0 aliphatic heterocycles. The Labute approximate surface area is 102 Å². The molecule has 0 saturated heterocycles. The molecule has 0 aromatic rings. The Morgan fingerprint density at radius 1 is 0.750 bits per heavy atom. The van der Waals surface area contributed by atoms with Gasteiger partial charge in [-0.2, -0.15) is 0 Å². The highest BCUT2D eigenvalue weighted by molar-refractivity contribution is 4.61. The lowest BCUT2D eigenvalue weighted by Crippen LogP contribution is -2.21. The van der Waals surface area contributed by atoms with Gasteiger partial charge in [0.05, 0.1) is 18.8 Å². The lowest BCUT2D eigenvalue weighted by molar-refractivity contribution is -0.0353. The van der Waals surface area contributed by atoms with Gasteiger partial charge in [0.15, 0.2) is 0 Å². The van der Waals surface area contributed by atoms with Crippen LogP contribution in [0.3, 0.4) is 0 Å². The summed E-state index contributed by atoms with van der Waals surface area (Å²) in [4.78, 5) is 0. The second-order valence-electron chi connectivity index (χ2n) is 6.59. The predicted molar refractivity (Wildman–Crippen MR) is 69.8 cm³/mol. The highest BCUT2D eigenvalue weighted by Crippen LogP contribution is 2.21. The van der Waals surface area contributed by atoms with Crippen molar-refractivity contribution in [1.82, 2.24) is 0 Å². The minimum atomic E-state index is -0.0460. The van der Waals surface area contributed by atoms with Crippen LogP contribution in [0.25, 0.3) is 0 Å². The molecule has 0 rings (SSSR count). The van der Waals surface area contributed by atoms with Crippen LogP contribution in [-0.4, -0.2) is 25.4 Å². The molecule has 0 aromatic heterocycles. The van der Waals surface area contributed by atoms with Gasteiger partial charge in [-0.3, -0.25) is 0 Å². The minimum Gasteiger partial charge on any atom is -0.379 e. The van der Waals surface area contributed by atoms with Crippen LogP contribution in [0.2, 0.25) is 0 Å². The van der Waals surface area contributed by atoms with Crippen LogP contribution in [0.5, 0.6) is 0 Å². The summed E-state index contributed by atoms with van der Waals surface area (Å²) in [6, 6.07) is 0. The Balaban J connectivity index is 3.17. The van der Waals surface area contributed by atoms with Crippen LogP contribution in [-0.2, 0) is 9.47 Å². The number of ether oxygens (including phenoxy) is 2. The first-order valence-electron chi connectivity index (χ1n) is 6.42. The minimum absolute atomic E-state index is 0.0460. The van der Waals surface area contributed by atoms with E-state index in [0.717, 1.165) is 13.0 Å². The molecule has 0 amide bonds. The molecular weight excluding hydrogens is 200 g/mol. The first-order valence-corrected chi connectivity index (χ1v) is 6.42. The van der Waals surface area contributed by atoms with Gasteiger partial charge in [-0.05, 0) is 39.0 Å². The van der Waals surface area contributed by atoms with E-state index in [1.54, 1.807) is 0 Å². The summed E-state index contributed by atoms with van der Waals surface area (Å²) in [5.74, 6) is 0. The van der Waals surface area contributed by atoms with E-state index in [1.165, 1.54) is 12.8 Å². The van der Waals surface area contributed by atoms with Gasteiger partial charge in [0.25, 0.3) is 0 Å². The third-order valence-electron chi connectivity index (χ3n) is 2.23. The Bertz CT molecular complexity index is 143. The van der Waals surface area contributed by atoms with Gasteiger partial charge in [0, 0.05) is 6.61 Å². The fourth-order valence-corrected chi connectivity index (χ4v) is 1.37. The summed E-state index contributed by atoms with van der Waals surface area (Å²) >= 11 is 0. The van der Waals surface area contributed by atoms with Crippen LogP contribution in [0.4, 0.5) is 0 Å². The Morgan fingerprint density at radius 2 is 1.38 bits per heavy atom. The summed E-state index contributed by atoms with van der Waals surface area (Å²) in [7, 11) is 0. The van der Waals surface area contributed by atoms with Crippen molar-refractivity contribution >= 4 is 0 Å². The van der Waals surface area contributed by atoms with Gasteiger partial charge in [-0.25, -0.2) is 0 Å². The van der Waals surface area contributed by atoms with E-state index < -0.39 is 0 Å². The third-order valence-corrected chi connectivity index (χ3v) is 2.23. The summed E-state index contributed by atoms with van der Waals surface area (Å²) in [5.41, 5.74) is 0.408. The molecular formula is C14H30O2. The zero-order valence-corrected chi connectivity index (χ0v) is 12.1. The maximum atomic E-state index is 5.57. The normalized spacial score (nSPS) is 13.1. The molecule has 0 saturated carbocycles. The average molecular weight is 230 g/mol. The quantitative estimate of drug-likeness (QED) is 0.615. The topological polar surface area (TPSA) is 18.5 Å². The monoisotopic (exact) mass is 230 g/mol. The molecule has 0 unspecified atom stereocenters. The van der Waals surface area contributed by atoms with Crippen molar-refractivity contribution in [3.8, 4) is 0 Å². The zero-order chi connectivity index (χ0) is 12.7. The molecule has 2 heteroatoms. The van der Waals surface area contributed by atoms with Crippen molar-refractivity contribution < 1.29 is 9.47 Å². The second-order valence-corrected chi connectivity index (χ2v) is 6.59. The summed E-state index contributed by atoms with van der Waals surface area (Å²) < 4.78 is 11.1. The van der Waals surface area contributed by atoms with Crippen molar-refractivity contribution in [2.45, 2.75) is 66.4 Å². The number of rotatable bonds is 7. The Morgan fingerprint density at radius 3 is 1.88 bits per heavy atom. The van der Waals surface area contributed by atoms with Gasteiger partial charge >= 0.3 is 0 Å². The van der Waals surface area contributed by atoms with Crippen LogP contribution < -0.4 is 0 Å². The molecule has 0 radical (unpaired) electrons. The summed E-state index contributed by atoms with van der Waals surface area (Å²) in [6.45, 7) is 15.3. The smallest absolute Gasteiger partial charge is 0.0707 e. The van der Waals surface area contributed by atoms with E-state index in [4.69, 9.17) is 9.47 Å². The number of hydrogen-bond donors (Lipinski definition) is 0. The first kappa shape index (κ1) is 15.9. The van der Waals surface area contributed by atoms with Crippen LogP contribution >= 0.6 is 0 Å². The second kappa shape index (κ2) is 7.29. The van der Waals surface area contributed by atoms with Crippen LogP contribution in [0.1, 0.15) is 60.8 Å². The van der Waals surface area contributed by atoms with E-state index in [9.17, 15) is 0 Å². The largest absolute Gasteiger partial charge is 0.379 e. The number of hydrogen-bond acceptors (Lipinski definition) is 2. The molecule has 0 spiro atoms. The molecule has 0 fully saturated rings. The first-order chi connectivity index (χ1) is 7.21. The molecule has 0 aliphatic carbocycles. The van der Waals surface area contributed by atoms with Crippen LogP contribution in [0, 0.1) is 5.41 Å². The number of unbranched alkanes of at least 4 members (excludes halogenated alkanes) is 1. The van der Waals surface area contributed by atoms with Crippen molar-refractivity contribution in [3.05, 3.63) is 0 Å². The fourth-order valence-electron chi connectivity index (χ4n) is 1.37. The van der Waals surface area contributed by atoms with Crippen LogP contribution in [0.15, 0.2) is 0 Å². The van der Waals surface area contributed by atoms with Crippen molar-refractivity contribution in [1.29, 1.82) is 0 Å². The highest BCUT2D eigenvalue weighted by atomic mass is 16.5. The van der Waals surface area contributed by atoms with E-state index in [2.05, 4.69) is 41.5 Å². The van der Waals surface area contributed by atoms with E-state index in [0.29, 0.717) is 18.6 Å². The molecule has 0 bridgehead atoms. The van der Waals surface area contributed by atoms with Gasteiger partial charge in [-0.1, -0.05) is 27.2 Å². The molecule has 0 N–H and O–H groups in total. The van der Waals surface area contributed by atoms with Gasteiger partial charge in [0.2, 0.25) is 0 Å².